The maximum Gasteiger partial charge on any atom is 0.267 e. The molecule has 0 spiro atoms. The molecule has 21 heavy (non-hydrogen) atoms. The average molecular weight is 287 g/mol. The number of amides is 1. The standard InChI is InChI=1S/C17H25N3O/c1-17(2,3)13-5-4-6-14(8-7-13)20-16(21)15-9-12(10-18)11-19-15/h9,11,13-14,19H,4-8H2,1-3H3,(H,20,21). The van der Waals surface area contributed by atoms with Crippen molar-refractivity contribution in [1.82, 2.24) is 10.3 Å². The lowest BCUT2D eigenvalue weighted by atomic mass is 9.76. The molecule has 0 bridgehead atoms. The van der Waals surface area contributed by atoms with Crippen molar-refractivity contribution >= 4 is 5.91 Å². The zero-order valence-electron chi connectivity index (χ0n) is 13.2. The topological polar surface area (TPSA) is 68.7 Å². The molecule has 2 atom stereocenters. The first-order valence-corrected chi connectivity index (χ1v) is 7.79. The minimum absolute atomic E-state index is 0.101. The summed E-state index contributed by atoms with van der Waals surface area (Å²) in [7, 11) is 0. The molecule has 1 amide bonds. The van der Waals surface area contributed by atoms with E-state index >= 15 is 0 Å². The minimum Gasteiger partial charge on any atom is -0.356 e. The van der Waals surface area contributed by atoms with Crippen LogP contribution in [0.4, 0.5) is 0 Å². The molecule has 114 valence electrons. The third-order valence-corrected chi connectivity index (χ3v) is 4.59. The van der Waals surface area contributed by atoms with Gasteiger partial charge < -0.3 is 10.3 Å². The molecular weight excluding hydrogens is 262 g/mol. The van der Waals surface area contributed by atoms with E-state index in [4.69, 9.17) is 5.26 Å². The molecule has 2 rings (SSSR count). The van der Waals surface area contributed by atoms with E-state index in [1.54, 1.807) is 12.3 Å². The quantitative estimate of drug-likeness (QED) is 0.816. The summed E-state index contributed by atoms with van der Waals surface area (Å²) in [5.41, 5.74) is 1.32. The number of nitrogens with zero attached hydrogens (tertiary/aromatic N) is 1. The van der Waals surface area contributed by atoms with Crippen molar-refractivity contribution in [3.05, 3.63) is 23.5 Å². The van der Waals surface area contributed by atoms with Crippen LogP contribution in [0.1, 0.15) is 68.9 Å². The first-order chi connectivity index (χ1) is 9.90. The van der Waals surface area contributed by atoms with Gasteiger partial charge in [-0.05, 0) is 43.1 Å². The smallest absolute Gasteiger partial charge is 0.267 e. The van der Waals surface area contributed by atoms with Gasteiger partial charge in [-0.15, -0.1) is 0 Å². The van der Waals surface area contributed by atoms with Crippen LogP contribution < -0.4 is 5.32 Å². The Morgan fingerprint density at radius 1 is 1.33 bits per heavy atom. The Morgan fingerprint density at radius 2 is 2.10 bits per heavy atom. The molecule has 1 fully saturated rings. The molecule has 1 aliphatic rings. The van der Waals surface area contributed by atoms with E-state index in [9.17, 15) is 4.79 Å². The summed E-state index contributed by atoms with van der Waals surface area (Å²) >= 11 is 0. The molecule has 1 aromatic heterocycles. The second-order valence-electron chi connectivity index (χ2n) is 7.16. The van der Waals surface area contributed by atoms with Crippen LogP contribution in [0.3, 0.4) is 0 Å². The number of H-pyrrole nitrogens is 1. The predicted octanol–water partition coefficient (Wildman–Crippen LogP) is 3.61. The van der Waals surface area contributed by atoms with E-state index < -0.39 is 0 Å². The fourth-order valence-corrected chi connectivity index (χ4v) is 3.17. The number of nitriles is 1. The molecule has 2 unspecified atom stereocenters. The van der Waals surface area contributed by atoms with Crippen LogP contribution in [0.15, 0.2) is 12.3 Å². The van der Waals surface area contributed by atoms with Gasteiger partial charge in [0.15, 0.2) is 0 Å². The second kappa shape index (κ2) is 6.34. The fourth-order valence-electron chi connectivity index (χ4n) is 3.17. The highest BCUT2D eigenvalue weighted by molar-refractivity contribution is 5.93. The summed E-state index contributed by atoms with van der Waals surface area (Å²) in [5, 5.41) is 11.9. The van der Waals surface area contributed by atoms with Gasteiger partial charge in [-0.3, -0.25) is 4.79 Å². The SMILES string of the molecule is CC(C)(C)C1CCCC(NC(=O)c2cc(C#N)c[nH]2)CC1. The largest absolute Gasteiger partial charge is 0.356 e. The monoisotopic (exact) mass is 287 g/mol. The summed E-state index contributed by atoms with van der Waals surface area (Å²) < 4.78 is 0. The number of rotatable bonds is 2. The van der Waals surface area contributed by atoms with Crippen molar-refractivity contribution in [3.8, 4) is 6.07 Å². The molecule has 1 heterocycles. The highest BCUT2D eigenvalue weighted by Gasteiger charge is 2.28. The second-order valence-corrected chi connectivity index (χ2v) is 7.16. The fraction of sp³-hybridized carbons (Fsp3) is 0.647. The van der Waals surface area contributed by atoms with Gasteiger partial charge in [0.05, 0.1) is 5.56 Å². The molecule has 4 nitrogen and oxygen atoms in total. The summed E-state index contributed by atoms with van der Waals surface area (Å²) in [5.74, 6) is 0.630. The van der Waals surface area contributed by atoms with Crippen LogP contribution in [0.2, 0.25) is 0 Å². The highest BCUT2D eigenvalue weighted by Crippen LogP contribution is 2.36. The average Bonchev–Trinajstić information content (AvgIpc) is 2.77. The zero-order chi connectivity index (χ0) is 15.5. The van der Waals surface area contributed by atoms with Crippen LogP contribution >= 0.6 is 0 Å². The van der Waals surface area contributed by atoms with Crippen molar-refractivity contribution in [2.24, 2.45) is 11.3 Å². The molecular formula is C17H25N3O. The van der Waals surface area contributed by atoms with Crippen molar-refractivity contribution in [2.75, 3.05) is 0 Å². The molecule has 4 heteroatoms. The normalized spacial score (nSPS) is 23.1. The van der Waals surface area contributed by atoms with Crippen molar-refractivity contribution in [3.63, 3.8) is 0 Å². The van der Waals surface area contributed by atoms with Crippen molar-refractivity contribution < 1.29 is 4.79 Å². The Labute approximate surface area is 126 Å². The Bertz CT molecular complexity index is 533. The van der Waals surface area contributed by atoms with E-state index in [1.807, 2.05) is 6.07 Å². The molecule has 0 aliphatic heterocycles. The summed E-state index contributed by atoms with van der Waals surface area (Å²) in [6.45, 7) is 6.91. The molecule has 0 radical (unpaired) electrons. The lowest BCUT2D eigenvalue weighted by Crippen LogP contribution is -2.34. The zero-order valence-corrected chi connectivity index (χ0v) is 13.2. The third-order valence-electron chi connectivity index (χ3n) is 4.59. The number of hydrogen-bond donors (Lipinski definition) is 2. The number of hydrogen-bond acceptors (Lipinski definition) is 2. The summed E-state index contributed by atoms with van der Waals surface area (Å²) in [6, 6.07) is 3.88. The lowest BCUT2D eigenvalue weighted by molar-refractivity contribution is 0.0928. The first kappa shape index (κ1) is 15.6. The Hall–Kier alpha value is -1.76. The number of carbonyl (C=O) groups excluding carboxylic acids is 1. The van der Waals surface area contributed by atoms with E-state index in [0.29, 0.717) is 16.7 Å². The minimum atomic E-state index is -0.101. The van der Waals surface area contributed by atoms with Gasteiger partial charge in [-0.25, -0.2) is 0 Å². The van der Waals surface area contributed by atoms with Gasteiger partial charge in [0.25, 0.3) is 5.91 Å². The Morgan fingerprint density at radius 3 is 2.71 bits per heavy atom. The van der Waals surface area contributed by atoms with Crippen LogP contribution in [-0.2, 0) is 0 Å². The maximum atomic E-state index is 12.2. The predicted molar refractivity (Wildman–Crippen MR) is 82.8 cm³/mol. The number of aromatic amines is 1. The highest BCUT2D eigenvalue weighted by atomic mass is 16.1. The van der Waals surface area contributed by atoms with Crippen LogP contribution in [0, 0.1) is 22.7 Å². The Kier molecular flexibility index (Phi) is 4.72. The van der Waals surface area contributed by atoms with E-state index in [0.717, 1.165) is 18.8 Å². The van der Waals surface area contributed by atoms with Gasteiger partial charge in [0.2, 0.25) is 0 Å². The van der Waals surface area contributed by atoms with Crippen molar-refractivity contribution in [2.45, 2.75) is 58.9 Å². The number of carbonyl (C=O) groups is 1. The van der Waals surface area contributed by atoms with Crippen LogP contribution in [-0.4, -0.2) is 16.9 Å². The molecule has 0 aromatic carbocycles. The van der Waals surface area contributed by atoms with Crippen molar-refractivity contribution in [1.29, 1.82) is 5.26 Å². The lowest BCUT2D eigenvalue weighted by Gasteiger charge is -2.29. The number of aromatic nitrogens is 1. The number of nitrogens with one attached hydrogen (secondary N) is 2. The summed E-state index contributed by atoms with van der Waals surface area (Å²) in [6.07, 6.45) is 7.24. The van der Waals surface area contributed by atoms with Crippen LogP contribution in [0.5, 0.6) is 0 Å². The van der Waals surface area contributed by atoms with Gasteiger partial charge in [0, 0.05) is 12.2 Å². The molecule has 1 saturated carbocycles. The van der Waals surface area contributed by atoms with E-state index in [1.165, 1.54) is 19.3 Å². The van der Waals surface area contributed by atoms with Gasteiger partial charge in [-0.1, -0.05) is 27.2 Å². The van der Waals surface area contributed by atoms with Gasteiger partial charge in [-0.2, -0.15) is 5.26 Å². The van der Waals surface area contributed by atoms with E-state index in [-0.39, 0.29) is 11.9 Å². The summed E-state index contributed by atoms with van der Waals surface area (Å²) in [4.78, 5) is 15.0. The third kappa shape index (κ3) is 4.10. The molecule has 2 N–H and O–H groups in total. The van der Waals surface area contributed by atoms with Gasteiger partial charge in [0.1, 0.15) is 11.8 Å². The molecule has 1 aromatic rings. The van der Waals surface area contributed by atoms with Gasteiger partial charge >= 0.3 is 0 Å². The molecule has 0 saturated heterocycles. The maximum absolute atomic E-state index is 12.2. The van der Waals surface area contributed by atoms with E-state index in [2.05, 4.69) is 31.1 Å². The first-order valence-electron chi connectivity index (χ1n) is 7.79. The van der Waals surface area contributed by atoms with Crippen LogP contribution in [0.25, 0.3) is 0 Å². The molecule has 1 aliphatic carbocycles. The Balaban J connectivity index is 1.92.